The van der Waals surface area contributed by atoms with Crippen LogP contribution in [0.3, 0.4) is 0 Å². The number of carbonyl (C=O) groups is 1. The van der Waals surface area contributed by atoms with Crippen molar-refractivity contribution in [1.29, 1.82) is 0 Å². The Morgan fingerprint density at radius 3 is 2.67 bits per heavy atom. The fourth-order valence-corrected chi connectivity index (χ4v) is 0.420. The van der Waals surface area contributed by atoms with Crippen molar-refractivity contribution in [3.63, 3.8) is 0 Å². The SMILES string of the molecule is NC1(C(=O)O)C=NC=N1. The zero-order valence-electron chi connectivity index (χ0n) is 4.48. The van der Waals surface area contributed by atoms with Crippen LogP contribution in [0.15, 0.2) is 9.98 Å². The molecule has 3 N–H and O–H groups in total. The molecule has 48 valence electrons. The Labute approximate surface area is 50.9 Å². The van der Waals surface area contributed by atoms with Gasteiger partial charge < -0.3 is 5.11 Å². The molecule has 0 aromatic rings. The van der Waals surface area contributed by atoms with Gasteiger partial charge >= 0.3 is 5.97 Å². The van der Waals surface area contributed by atoms with Crippen LogP contribution in [0.25, 0.3) is 0 Å². The molecular weight excluding hydrogens is 122 g/mol. The van der Waals surface area contributed by atoms with E-state index in [4.69, 9.17) is 10.8 Å². The van der Waals surface area contributed by atoms with E-state index in [9.17, 15) is 4.79 Å². The normalized spacial score (nSPS) is 31.2. The zero-order valence-corrected chi connectivity index (χ0v) is 4.48. The summed E-state index contributed by atoms with van der Waals surface area (Å²) in [6.45, 7) is 0. The minimum Gasteiger partial charge on any atom is -0.478 e. The van der Waals surface area contributed by atoms with Crippen molar-refractivity contribution in [2.75, 3.05) is 0 Å². The molecule has 0 bridgehead atoms. The Morgan fingerprint density at radius 2 is 2.44 bits per heavy atom. The van der Waals surface area contributed by atoms with Crippen molar-refractivity contribution in [3.8, 4) is 0 Å². The highest BCUT2D eigenvalue weighted by atomic mass is 16.4. The maximum atomic E-state index is 10.2. The average Bonchev–Trinajstić information content (AvgIpc) is 2.16. The molecule has 1 heterocycles. The molecule has 0 fully saturated rings. The molecular formula is C4H5N3O2. The fourth-order valence-electron chi connectivity index (χ4n) is 0.420. The third-order valence-electron chi connectivity index (χ3n) is 0.952. The molecule has 0 amide bonds. The number of hydrogen-bond acceptors (Lipinski definition) is 4. The molecule has 0 aromatic heterocycles. The van der Waals surface area contributed by atoms with Gasteiger partial charge in [-0.05, 0) is 0 Å². The number of aliphatic carboxylic acids is 1. The van der Waals surface area contributed by atoms with Gasteiger partial charge in [-0.15, -0.1) is 0 Å². The van der Waals surface area contributed by atoms with Gasteiger partial charge in [0.05, 0.1) is 6.21 Å². The van der Waals surface area contributed by atoms with E-state index in [2.05, 4.69) is 9.98 Å². The van der Waals surface area contributed by atoms with Crippen molar-refractivity contribution in [2.45, 2.75) is 5.66 Å². The van der Waals surface area contributed by atoms with Crippen molar-refractivity contribution < 1.29 is 9.90 Å². The van der Waals surface area contributed by atoms with E-state index in [-0.39, 0.29) is 0 Å². The molecule has 0 spiro atoms. The van der Waals surface area contributed by atoms with Crippen LogP contribution in [-0.2, 0) is 4.79 Å². The smallest absolute Gasteiger partial charge is 0.352 e. The summed E-state index contributed by atoms with van der Waals surface area (Å²) in [7, 11) is 0. The maximum absolute atomic E-state index is 10.2. The molecule has 0 aliphatic carbocycles. The van der Waals surface area contributed by atoms with Crippen LogP contribution in [0.5, 0.6) is 0 Å². The van der Waals surface area contributed by atoms with Gasteiger partial charge in [-0.3, -0.25) is 5.73 Å². The van der Waals surface area contributed by atoms with E-state index in [1.165, 1.54) is 0 Å². The highest BCUT2D eigenvalue weighted by Crippen LogP contribution is 2.02. The molecule has 1 unspecified atom stereocenters. The predicted molar refractivity (Wildman–Crippen MR) is 31.5 cm³/mol. The molecule has 9 heavy (non-hydrogen) atoms. The molecule has 5 heteroatoms. The van der Waals surface area contributed by atoms with Crippen LogP contribution < -0.4 is 5.73 Å². The first-order chi connectivity index (χ1) is 4.15. The van der Waals surface area contributed by atoms with Crippen LogP contribution in [0.4, 0.5) is 0 Å². The van der Waals surface area contributed by atoms with Crippen LogP contribution in [-0.4, -0.2) is 29.3 Å². The summed E-state index contributed by atoms with van der Waals surface area (Å²) >= 11 is 0. The highest BCUT2D eigenvalue weighted by molar-refractivity contribution is 6.04. The Bertz CT molecular complexity index is 184. The summed E-state index contributed by atoms with van der Waals surface area (Å²) in [5.74, 6) is -1.19. The van der Waals surface area contributed by atoms with Gasteiger partial charge in [0.1, 0.15) is 6.34 Å². The van der Waals surface area contributed by atoms with Crippen molar-refractivity contribution in [1.82, 2.24) is 0 Å². The third-order valence-corrected chi connectivity index (χ3v) is 0.952. The number of rotatable bonds is 1. The summed E-state index contributed by atoms with van der Waals surface area (Å²) in [5.41, 5.74) is 3.54. The second-order valence-corrected chi connectivity index (χ2v) is 1.65. The van der Waals surface area contributed by atoms with Crippen molar-refractivity contribution >= 4 is 18.5 Å². The monoisotopic (exact) mass is 127 g/mol. The summed E-state index contributed by atoms with van der Waals surface area (Å²) < 4.78 is 0. The fraction of sp³-hybridized carbons (Fsp3) is 0.250. The molecule has 5 nitrogen and oxygen atoms in total. The quantitative estimate of drug-likeness (QED) is 0.465. The lowest BCUT2D eigenvalue weighted by atomic mass is 10.2. The number of carboxylic acid groups (broad SMARTS) is 1. The van der Waals surface area contributed by atoms with Crippen molar-refractivity contribution in [3.05, 3.63) is 0 Å². The molecule has 1 aliphatic rings. The molecule has 1 aliphatic heterocycles. The highest BCUT2D eigenvalue weighted by Gasteiger charge is 2.32. The van der Waals surface area contributed by atoms with E-state index < -0.39 is 11.6 Å². The summed E-state index contributed by atoms with van der Waals surface area (Å²) in [6, 6.07) is 0. The summed E-state index contributed by atoms with van der Waals surface area (Å²) in [4.78, 5) is 17.0. The van der Waals surface area contributed by atoms with E-state index in [1.54, 1.807) is 0 Å². The lowest BCUT2D eigenvalue weighted by Crippen LogP contribution is -2.46. The first-order valence-electron chi connectivity index (χ1n) is 2.25. The first-order valence-corrected chi connectivity index (χ1v) is 2.25. The third kappa shape index (κ3) is 0.812. The van der Waals surface area contributed by atoms with E-state index in [0.29, 0.717) is 0 Å². The largest absolute Gasteiger partial charge is 0.478 e. The summed E-state index contributed by atoms with van der Waals surface area (Å²) in [6.07, 6.45) is 2.20. The van der Waals surface area contributed by atoms with Gasteiger partial charge in [-0.1, -0.05) is 0 Å². The lowest BCUT2D eigenvalue weighted by molar-refractivity contribution is -0.140. The number of carboxylic acids is 1. The Kier molecular flexibility index (Phi) is 1.07. The summed E-state index contributed by atoms with van der Waals surface area (Å²) in [5, 5.41) is 8.34. The van der Waals surface area contributed by atoms with Crippen molar-refractivity contribution in [2.24, 2.45) is 15.7 Å². The topological polar surface area (TPSA) is 88.0 Å². The van der Waals surface area contributed by atoms with Crippen LogP contribution in [0, 0.1) is 0 Å². The Hall–Kier alpha value is -1.23. The predicted octanol–water partition coefficient (Wildman–Crippen LogP) is -1.16. The number of hydrogen-bond donors (Lipinski definition) is 2. The maximum Gasteiger partial charge on any atom is 0.352 e. The molecule has 0 aromatic carbocycles. The second kappa shape index (κ2) is 1.63. The van der Waals surface area contributed by atoms with E-state index >= 15 is 0 Å². The van der Waals surface area contributed by atoms with Gasteiger partial charge in [0, 0.05) is 0 Å². The van der Waals surface area contributed by atoms with Crippen LogP contribution >= 0.6 is 0 Å². The molecule has 0 saturated carbocycles. The molecule has 1 atom stereocenters. The minimum atomic E-state index is -1.61. The van der Waals surface area contributed by atoms with Gasteiger partial charge in [0.25, 0.3) is 0 Å². The minimum absolute atomic E-state index is 1.08. The number of nitrogens with two attached hydrogens (primary N) is 1. The number of aliphatic imine (C=N–C) groups is 2. The zero-order chi connectivity index (χ0) is 6.91. The van der Waals surface area contributed by atoms with Gasteiger partial charge in [-0.2, -0.15) is 0 Å². The van der Waals surface area contributed by atoms with E-state index in [1.807, 2.05) is 0 Å². The Balaban J connectivity index is 2.88. The first kappa shape index (κ1) is 5.90. The molecule has 0 radical (unpaired) electrons. The van der Waals surface area contributed by atoms with Gasteiger partial charge in [-0.25, -0.2) is 14.8 Å². The van der Waals surface area contributed by atoms with Gasteiger partial charge in [0.2, 0.25) is 5.66 Å². The molecule has 0 saturated heterocycles. The lowest BCUT2D eigenvalue weighted by Gasteiger charge is -2.07. The molecule has 1 rings (SSSR count). The average molecular weight is 127 g/mol. The van der Waals surface area contributed by atoms with Crippen LogP contribution in [0.2, 0.25) is 0 Å². The Morgan fingerprint density at radius 1 is 1.78 bits per heavy atom. The van der Waals surface area contributed by atoms with Gasteiger partial charge in [0.15, 0.2) is 0 Å². The van der Waals surface area contributed by atoms with E-state index in [0.717, 1.165) is 12.6 Å². The number of nitrogens with zero attached hydrogens (tertiary/aromatic N) is 2. The standard InChI is InChI=1S/C4H5N3O2/c5-4(3(8)9)1-6-2-7-4/h1-2H,5H2,(H,8,9). The second-order valence-electron chi connectivity index (χ2n) is 1.65. The van der Waals surface area contributed by atoms with Crippen LogP contribution in [0.1, 0.15) is 0 Å².